The Bertz CT molecular complexity index is 577. The molecule has 23 heavy (non-hydrogen) atoms. The first-order valence-electron chi connectivity index (χ1n) is 9.27. The van der Waals surface area contributed by atoms with E-state index in [1.807, 2.05) is 6.08 Å². The van der Waals surface area contributed by atoms with Crippen LogP contribution < -0.4 is 0 Å². The molecule has 0 amide bonds. The van der Waals surface area contributed by atoms with Crippen molar-refractivity contribution in [2.45, 2.75) is 58.3 Å². The van der Waals surface area contributed by atoms with Gasteiger partial charge in [-0.15, -0.1) is 0 Å². The van der Waals surface area contributed by atoms with Crippen LogP contribution in [-0.4, -0.2) is 25.3 Å². The SMILES string of the molecule is COC[C@]12CCC(=O)C=C1CC[C@@H]1[C@@H]2CC[C@]2(C)C(=O)CC[C@@H]12. The molecule has 3 nitrogen and oxygen atoms in total. The maximum Gasteiger partial charge on any atom is 0.155 e. The van der Waals surface area contributed by atoms with Crippen LogP contribution in [0.5, 0.6) is 0 Å². The highest BCUT2D eigenvalue weighted by molar-refractivity contribution is 5.91. The van der Waals surface area contributed by atoms with E-state index in [1.165, 1.54) is 5.57 Å². The number of rotatable bonds is 2. The Kier molecular flexibility index (Phi) is 3.57. The zero-order valence-electron chi connectivity index (χ0n) is 14.4. The average molecular weight is 316 g/mol. The molecule has 4 aliphatic rings. The number of ketones is 2. The van der Waals surface area contributed by atoms with E-state index in [2.05, 4.69) is 6.92 Å². The molecule has 0 heterocycles. The number of carbonyl (C=O) groups is 2. The fourth-order valence-corrected chi connectivity index (χ4v) is 6.66. The van der Waals surface area contributed by atoms with Gasteiger partial charge >= 0.3 is 0 Å². The van der Waals surface area contributed by atoms with E-state index in [0.29, 0.717) is 35.7 Å². The van der Waals surface area contributed by atoms with Crippen LogP contribution in [0.15, 0.2) is 11.6 Å². The van der Waals surface area contributed by atoms with Crippen molar-refractivity contribution in [1.29, 1.82) is 0 Å². The Morgan fingerprint density at radius 3 is 2.70 bits per heavy atom. The molecule has 0 unspecified atom stereocenters. The summed E-state index contributed by atoms with van der Waals surface area (Å²) in [5, 5.41) is 0. The summed E-state index contributed by atoms with van der Waals surface area (Å²) < 4.78 is 5.66. The summed E-state index contributed by atoms with van der Waals surface area (Å²) in [5.41, 5.74) is 1.35. The van der Waals surface area contributed by atoms with Crippen molar-refractivity contribution in [3.8, 4) is 0 Å². The van der Waals surface area contributed by atoms with Crippen LogP contribution in [0.1, 0.15) is 58.3 Å². The molecule has 0 radical (unpaired) electrons. The molecular formula is C20H28O3. The molecule has 0 aromatic heterocycles. The molecule has 0 aromatic rings. The molecule has 0 aromatic carbocycles. The lowest BCUT2D eigenvalue weighted by Crippen LogP contribution is -2.53. The van der Waals surface area contributed by atoms with Gasteiger partial charge in [0, 0.05) is 30.8 Å². The van der Waals surface area contributed by atoms with E-state index >= 15 is 0 Å². The minimum absolute atomic E-state index is 0.0680. The lowest BCUT2D eigenvalue weighted by Gasteiger charge is -2.57. The van der Waals surface area contributed by atoms with Crippen molar-refractivity contribution in [2.24, 2.45) is 28.6 Å². The summed E-state index contributed by atoms with van der Waals surface area (Å²) in [6, 6.07) is 0. The van der Waals surface area contributed by atoms with Crippen LogP contribution in [0.4, 0.5) is 0 Å². The standard InChI is InChI=1S/C20H28O3/c1-19-9-8-17-15(16(19)5-6-18(19)22)4-3-13-11-14(21)7-10-20(13,17)12-23-2/h11,15-17H,3-10,12H2,1-2H3/t15-,16-,17-,19-,20+/m0/s1. The smallest absolute Gasteiger partial charge is 0.155 e. The van der Waals surface area contributed by atoms with Crippen molar-refractivity contribution < 1.29 is 14.3 Å². The molecule has 4 aliphatic carbocycles. The topological polar surface area (TPSA) is 43.4 Å². The second kappa shape index (κ2) is 5.27. The van der Waals surface area contributed by atoms with E-state index in [0.717, 1.165) is 51.6 Å². The Balaban J connectivity index is 1.72. The monoisotopic (exact) mass is 316 g/mol. The molecule has 3 heteroatoms. The number of ether oxygens (including phenoxy) is 1. The molecule has 0 spiro atoms. The van der Waals surface area contributed by atoms with Gasteiger partial charge in [0.1, 0.15) is 5.78 Å². The fourth-order valence-electron chi connectivity index (χ4n) is 6.66. The van der Waals surface area contributed by atoms with Crippen LogP contribution >= 0.6 is 0 Å². The molecule has 3 saturated carbocycles. The van der Waals surface area contributed by atoms with E-state index in [4.69, 9.17) is 4.74 Å². The average Bonchev–Trinajstić information content (AvgIpc) is 2.84. The van der Waals surface area contributed by atoms with Gasteiger partial charge in [-0.25, -0.2) is 0 Å². The first-order valence-corrected chi connectivity index (χ1v) is 9.27. The summed E-state index contributed by atoms with van der Waals surface area (Å²) in [6.07, 6.45) is 9.75. The van der Waals surface area contributed by atoms with E-state index in [-0.39, 0.29) is 10.8 Å². The molecule has 0 bridgehead atoms. The van der Waals surface area contributed by atoms with Crippen molar-refractivity contribution in [3.05, 3.63) is 11.6 Å². The van der Waals surface area contributed by atoms with E-state index < -0.39 is 0 Å². The normalized spacial score (nSPS) is 46.0. The Labute approximate surface area is 138 Å². The summed E-state index contributed by atoms with van der Waals surface area (Å²) >= 11 is 0. The number of methoxy groups -OCH3 is 1. The number of Topliss-reactive ketones (excluding diaryl/α,β-unsaturated/α-hetero) is 1. The van der Waals surface area contributed by atoms with Crippen LogP contribution in [0.2, 0.25) is 0 Å². The van der Waals surface area contributed by atoms with Gasteiger partial charge in [0.05, 0.1) is 6.61 Å². The Morgan fingerprint density at radius 2 is 1.91 bits per heavy atom. The van der Waals surface area contributed by atoms with Crippen LogP contribution in [0, 0.1) is 28.6 Å². The van der Waals surface area contributed by atoms with Gasteiger partial charge in [-0.05, 0) is 62.4 Å². The van der Waals surface area contributed by atoms with Gasteiger partial charge < -0.3 is 4.74 Å². The largest absolute Gasteiger partial charge is 0.384 e. The van der Waals surface area contributed by atoms with Gasteiger partial charge in [-0.3, -0.25) is 9.59 Å². The van der Waals surface area contributed by atoms with Crippen molar-refractivity contribution in [3.63, 3.8) is 0 Å². The molecule has 4 rings (SSSR count). The van der Waals surface area contributed by atoms with Crippen LogP contribution in [0.3, 0.4) is 0 Å². The second-order valence-electron chi connectivity index (χ2n) is 8.56. The first kappa shape index (κ1) is 15.6. The molecule has 126 valence electrons. The molecule has 0 N–H and O–H groups in total. The Morgan fingerprint density at radius 1 is 1.09 bits per heavy atom. The van der Waals surface area contributed by atoms with Gasteiger partial charge in [0.2, 0.25) is 0 Å². The maximum atomic E-state index is 12.5. The molecule has 3 fully saturated rings. The van der Waals surface area contributed by atoms with Crippen molar-refractivity contribution in [1.82, 2.24) is 0 Å². The number of hydrogen-bond donors (Lipinski definition) is 0. The zero-order valence-corrected chi connectivity index (χ0v) is 14.4. The lowest BCUT2D eigenvalue weighted by atomic mass is 9.47. The number of carbonyl (C=O) groups excluding carboxylic acids is 2. The number of fused-ring (bicyclic) bond motifs is 5. The molecule has 0 aliphatic heterocycles. The third-order valence-corrected chi connectivity index (χ3v) is 7.80. The highest BCUT2D eigenvalue weighted by Crippen LogP contribution is 2.64. The number of hydrogen-bond acceptors (Lipinski definition) is 3. The minimum atomic E-state index is -0.0683. The van der Waals surface area contributed by atoms with Gasteiger partial charge in [-0.1, -0.05) is 12.5 Å². The second-order valence-corrected chi connectivity index (χ2v) is 8.56. The van der Waals surface area contributed by atoms with E-state index in [1.54, 1.807) is 7.11 Å². The lowest BCUT2D eigenvalue weighted by molar-refractivity contribution is -0.134. The predicted molar refractivity (Wildman–Crippen MR) is 87.9 cm³/mol. The van der Waals surface area contributed by atoms with Crippen LogP contribution in [0.25, 0.3) is 0 Å². The minimum Gasteiger partial charge on any atom is -0.384 e. The quantitative estimate of drug-likeness (QED) is 0.780. The third-order valence-electron chi connectivity index (χ3n) is 7.80. The van der Waals surface area contributed by atoms with Crippen molar-refractivity contribution >= 4 is 11.6 Å². The third kappa shape index (κ3) is 2.05. The zero-order chi connectivity index (χ0) is 16.2. The van der Waals surface area contributed by atoms with E-state index in [9.17, 15) is 9.59 Å². The summed E-state index contributed by atoms with van der Waals surface area (Å²) in [5.74, 6) is 2.59. The molecular weight excluding hydrogens is 288 g/mol. The van der Waals surface area contributed by atoms with Gasteiger partial charge in [0.25, 0.3) is 0 Å². The molecule has 0 saturated heterocycles. The summed E-state index contributed by atoms with van der Waals surface area (Å²) in [4.78, 5) is 24.4. The van der Waals surface area contributed by atoms with Crippen LogP contribution in [-0.2, 0) is 14.3 Å². The van der Waals surface area contributed by atoms with Gasteiger partial charge in [-0.2, -0.15) is 0 Å². The van der Waals surface area contributed by atoms with Crippen molar-refractivity contribution in [2.75, 3.05) is 13.7 Å². The highest BCUT2D eigenvalue weighted by atomic mass is 16.5. The Hall–Kier alpha value is -0.960. The van der Waals surface area contributed by atoms with Gasteiger partial charge in [0.15, 0.2) is 5.78 Å². The predicted octanol–water partition coefficient (Wildman–Crippen LogP) is 3.71. The summed E-state index contributed by atoms with van der Waals surface area (Å²) in [6.45, 7) is 2.96. The fraction of sp³-hybridized carbons (Fsp3) is 0.800. The first-order chi connectivity index (χ1) is 11.0. The highest BCUT2D eigenvalue weighted by Gasteiger charge is 2.60. The maximum absolute atomic E-state index is 12.5. The molecule has 5 atom stereocenters. The summed E-state index contributed by atoms with van der Waals surface area (Å²) in [7, 11) is 1.79.